The molecular formula is C21H22N2O7S. The molecular weight excluding hydrogens is 424 g/mol. The number of esters is 1. The van der Waals surface area contributed by atoms with Crippen LogP contribution in [0.5, 0.6) is 11.5 Å². The topological polar surface area (TPSA) is 117 Å². The molecule has 31 heavy (non-hydrogen) atoms. The number of para-hydroxylation sites is 2. The molecule has 3 rings (SSSR count). The van der Waals surface area contributed by atoms with Crippen molar-refractivity contribution >= 4 is 21.7 Å². The number of aromatic nitrogens is 1. The van der Waals surface area contributed by atoms with E-state index in [2.05, 4.69) is 9.88 Å². The van der Waals surface area contributed by atoms with E-state index in [0.717, 1.165) is 0 Å². The van der Waals surface area contributed by atoms with Crippen LogP contribution in [0, 0.1) is 0 Å². The normalized spacial score (nSPS) is 11.1. The van der Waals surface area contributed by atoms with E-state index < -0.39 is 16.0 Å². The number of benzene rings is 2. The summed E-state index contributed by atoms with van der Waals surface area (Å²) < 4.78 is 49.7. The highest BCUT2D eigenvalue weighted by Crippen LogP contribution is 2.33. The van der Waals surface area contributed by atoms with Crippen molar-refractivity contribution in [1.82, 2.24) is 5.16 Å². The molecule has 2 aromatic carbocycles. The van der Waals surface area contributed by atoms with E-state index >= 15 is 0 Å². The number of nitrogens with zero attached hydrogens (tertiary/aromatic N) is 1. The summed E-state index contributed by atoms with van der Waals surface area (Å²) in [6.45, 7) is 4.06. The van der Waals surface area contributed by atoms with Crippen LogP contribution in [-0.4, -0.2) is 39.9 Å². The van der Waals surface area contributed by atoms with Gasteiger partial charge in [0.05, 0.1) is 26.0 Å². The molecule has 0 unspecified atom stereocenters. The fourth-order valence-electron chi connectivity index (χ4n) is 2.78. The molecule has 0 fully saturated rings. The number of rotatable bonds is 9. The molecule has 0 atom stereocenters. The highest BCUT2D eigenvalue weighted by atomic mass is 32.2. The van der Waals surface area contributed by atoms with Gasteiger partial charge < -0.3 is 18.7 Å². The molecule has 0 radical (unpaired) electrons. The van der Waals surface area contributed by atoms with E-state index in [9.17, 15) is 13.2 Å². The molecule has 3 aromatic rings. The summed E-state index contributed by atoms with van der Waals surface area (Å²) >= 11 is 0. The Morgan fingerprint density at radius 2 is 1.84 bits per heavy atom. The van der Waals surface area contributed by atoms with Gasteiger partial charge in [0.1, 0.15) is 16.4 Å². The van der Waals surface area contributed by atoms with Crippen LogP contribution in [0.15, 0.2) is 57.9 Å². The van der Waals surface area contributed by atoms with Crippen molar-refractivity contribution in [2.24, 2.45) is 0 Å². The molecule has 0 amide bonds. The van der Waals surface area contributed by atoms with Crippen molar-refractivity contribution in [1.29, 1.82) is 0 Å². The Bertz CT molecular complexity index is 1170. The Kier molecular flexibility index (Phi) is 6.81. The first kappa shape index (κ1) is 22.2. The van der Waals surface area contributed by atoms with Crippen LogP contribution >= 0.6 is 0 Å². The minimum atomic E-state index is -4.05. The molecule has 0 saturated heterocycles. The zero-order valence-corrected chi connectivity index (χ0v) is 18.1. The first-order valence-corrected chi connectivity index (χ1v) is 10.9. The van der Waals surface area contributed by atoms with Crippen LogP contribution < -0.4 is 14.2 Å². The van der Waals surface area contributed by atoms with Gasteiger partial charge in [0.15, 0.2) is 11.5 Å². The van der Waals surface area contributed by atoms with Crippen LogP contribution in [0.3, 0.4) is 0 Å². The van der Waals surface area contributed by atoms with Crippen molar-refractivity contribution in [3.05, 3.63) is 54.2 Å². The fraction of sp³-hybridized carbons (Fsp3) is 0.238. The van der Waals surface area contributed by atoms with Gasteiger partial charge in [-0.25, -0.2) is 13.2 Å². The SMILES string of the molecule is CCOC(=O)c1cc(-c2ccc(OC)c(S(=O)(=O)Nc3ccccc3OCC)c2)on1. The molecule has 1 N–H and O–H groups in total. The first-order chi connectivity index (χ1) is 14.9. The van der Waals surface area contributed by atoms with Crippen molar-refractivity contribution in [2.75, 3.05) is 25.0 Å². The quantitative estimate of drug-likeness (QED) is 0.494. The molecule has 0 aliphatic rings. The third-order valence-electron chi connectivity index (χ3n) is 4.16. The number of nitrogens with one attached hydrogen (secondary N) is 1. The van der Waals surface area contributed by atoms with E-state index in [1.54, 1.807) is 44.2 Å². The van der Waals surface area contributed by atoms with Crippen LogP contribution in [0.4, 0.5) is 5.69 Å². The van der Waals surface area contributed by atoms with Crippen LogP contribution in [0.1, 0.15) is 24.3 Å². The number of hydrogen-bond donors (Lipinski definition) is 1. The summed E-state index contributed by atoms with van der Waals surface area (Å²) in [7, 11) is -2.68. The van der Waals surface area contributed by atoms with E-state index in [0.29, 0.717) is 23.6 Å². The van der Waals surface area contributed by atoms with Crippen molar-refractivity contribution < 1.29 is 31.9 Å². The number of hydrogen-bond acceptors (Lipinski definition) is 8. The van der Waals surface area contributed by atoms with E-state index in [1.807, 2.05) is 0 Å². The van der Waals surface area contributed by atoms with Crippen molar-refractivity contribution in [3.63, 3.8) is 0 Å². The Hall–Kier alpha value is -3.53. The molecule has 0 bridgehead atoms. The molecule has 0 spiro atoms. The summed E-state index contributed by atoms with van der Waals surface area (Å²) in [4.78, 5) is 11.7. The van der Waals surface area contributed by atoms with E-state index in [1.165, 1.54) is 25.3 Å². The summed E-state index contributed by atoms with van der Waals surface area (Å²) in [5, 5.41) is 3.68. The highest BCUT2D eigenvalue weighted by Gasteiger charge is 2.23. The van der Waals surface area contributed by atoms with Crippen LogP contribution in [-0.2, 0) is 14.8 Å². The lowest BCUT2D eigenvalue weighted by Crippen LogP contribution is -2.15. The summed E-state index contributed by atoms with van der Waals surface area (Å²) in [5.74, 6) is 0.109. The monoisotopic (exact) mass is 446 g/mol. The molecule has 10 heteroatoms. The van der Waals surface area contributed by atoms with Gasteiger partial charge >= 0.3 is 5.97 Å². The predicted molar refractivity (Wildman–Crippen MR) is 113 cm³/mol. The molecule has 1 heterocycles. The van der Waals surface area contributed by atoms with Gasteiger partial charge in [-0.1, -0.05) is 17.3 Å². The second kappa shape index (κ2) is 9.52. The lowest BCUT2D eigenvalue weighted by atomic mass is 10.1. The second-order valence-electron chi connectivity index (χ2n) is 6.20. The van der Waals surface area contributed by atoms with Gasteiger partial charge in [0.2, 0.25) is 0 Å². The maximum atomic E-state index is 13.2. The van der Waals surface area contributed by atoms with Gasteiger partial charge in [-0.2, -0.15) is 0 Å². The second-order valence-corrected chi connectivity index (χ2v) is 7.85. The lowest BCUT2D eigenvalue weighted by Gasteiger charge is -2.15. The standard InChI is InChI=1S/C21H22N2O7S/c1-4-28-17-9-7-6-8-15(17)23-31(25,26)20-12-14(10-11-18(20)27-3)19-13-16(22-30-19)21(24)29-5-2/h6-13,23H,4-5H2,1-3H3. The third-order valence-corrected chi connectivity index (χ3v) is 5.55. The Balaban J connectivity index is 1.98. The number of ether oxygens (including phenoxy) is 3. The van der Waals surface area contributed by atoms with Gasteiger partial charge in [-0.15, -0.1) is 0 Å². The van der Waals surface area contributed by atoms with Gasteiger partial charge in [-0.05, 0) is 44.2 Å². The third kappa shape index (κ3) is 4.97. The van der Waals surface area contributed by atoms with E-state index in [-0.39, 0.29) is 28.7 Å². The molecule has 0 aliphatic carbocycles. The average molecular weight is 446 g/mol. The predicted octanol–water partition coefficient (Wildman–Crippen LogP) is 3.73. The Morgan fingerprint density at radius 3 is 2.55 bits per heavy atom. The highest BCUT2D eigenvalue weighted by molar-refractivity contribution is 7.92. The molecule has 9 nitrogen and oxygen atoms in total. The Morgan fingerprint density at radius 1 is 1.06 bits per heavy atom. The number of carbonyl (C=O) groups excluding carboxylic acids is 1. The summed E-state index contributed by atoms with van der Waals surface area (Å²) in [6.07, 6.45) is 0. The van der Waals surface area contributed by atoms with Gasteiger partial charge in [0.25, 0.3) is 10.0 Å². The number of carbonyl (C=O) groups is 1. The summed E-state index contributed by atoms with van der Waals surface area (Å²) in [6, 6.07) is 12.6. The number of anilines is 1. The Labute approximate surface area is 180 Å². The maximum absolute atomic E-state index is 13.2. The zero-order chi connectivity index (χ0) is 22.4. The largest absolute Gasteiger partial charge is 0.495 e. The fourth-order valence-corrected chi connectivity index (χ4v) is 4.05. The average Bonchev–Trinajstić information content (AvgIpc) is 3.25. The zero-order valence-electron chi connectivity index (χ0n) is 17.2. The molecule has 0 aliphatic heterocycles. The minimum Gasteiger partial charge on any atom is -0.495 e. The molecule has 1 aromatic heterocycles. The van der Waals surface area contributed by atoms with E-state index in [4.69, 9.17) is 18.7 Å². The number of methoxy groups -OCH3 is 1. The molecule has 0 saturated carbocycles. The van der Waals surface area contributed by atoms with Crippen LogP contribution in [0.25, 0.3) is 11.3 Å². The molecule has 164 valence electrons. The smallest absolute Gasteiger partial charge is 0.360 e. The van der Waals surface area contributed by atoms with Crippen molar-refractivity contribution in [2.45, 2.75) is 18.7 Å². The van der Waals surface area contributed by atoms with Crippen molar-refractivity contribution in [3.8, 4) is 22.8 Å². The van der Waals surface area contributed by atoms with Gasteiger partial charge in [0, 0.05) is 11.6 Å². The maximum Gasteiger partial charge on any atom is 0.360 e. The lowest BCUT2D eigenvalue weighted by molar-refractivity contribution is 0.0514. The van der Waals surface area contributed by atoms with Crippen LogP contribution in [0.2, 0.25) is 0 Å². The number of sulfonamides is 1. The first-order valence-electron chi connectivity index (χ1n) is 9.46. The minimum absolute atomic E-state index is 0.0131. The van der Waals surface area contributed by atoms with Gasteiger partial charge in [-0.3, -0.25) is 4.72 Å². The summed E-state index contributed by atoms with van der Waals surface area (Å²) in [5.41, 5.74) is 0.671.